The molecule has 1 aromatic carbocycles. The number of halogens is 3. The normalized spacial score (nSPS) is 10.4. The summed E-state index contributed by atoms with van der Waals surface area (Å²) in [5.74, 6) is 2.59. The second-order valence-electron chi connectivity index (χ2n) is 3.20. The second kappa shape index (κ2) is 5.45. The van der Waals surface area contributed by atoms with Crippen molar-refractivity contribution >= 4 is 5.97 Å². The highest BCUT2D eigenvalue weighted by atomic mass is 19.4. The smallest absolute Gasteiger partial charge is 0.417 e. The number of benzene rings is 1. The van der Waals surface area contributed by atoms with Crippen molar-refractivity contribution in [1.82, 2.24) is 0 Å². The first-order chi connectivity index (χ1) is 8.34. The number of hydrogen-bond donors (Lipinski definition) is 1. The summed E-state index contributed by atoms with van der Waals surface area (Å²) in [7, 11) is 0. The summed E-state index contributed by atoms with van der Waals surface area (Å²) in [6.45, 7) is 1.65. The minimum atomic E-state index is -4.66. The van der Waals surface area contributed by atoms with Gasteiger partial charge in [0, 0.05) is 11.5 Å². The summed E-state index contributed by atoms with van der Waals surface area (Å²) >= 11 is 0. The summed E-state index contributed by atoms with van der Waals surface area (Å²) in [4.78, 5) is 10.9. The lowest BCUT2D eigenvalue weighted by atomic mass is 10.1. The molecule has 18 heavy (non-hydrogen) atoms. The van der Waals surface area contributed by atoms with E-state index in [-0.39, 0.29) is 6.61 Å². The third-order valence-corrected chi connectivity index (χ3v) is 1.88. The molecule has 3 nitrogen and oxygen atoms in total. The van der Waals surface area contributed by atoms with Gasteiger partial charge in [0.15, 0.2) is 0 Å². The predicted octanol–water partition coefficient (Wildman–Crippen LogP) is 2.33. The Morgan fingerprint density at radius 2 is 2.11 bits per heavy atom. The van der Waals surface area contributed by atoms with E-state index in [1.165, 1.54) is 0 Å². The van der Waals surface area contributed by atoms with Crippen molar-refractivity contribution < 1.29 is 27.8 Å². The zero-order valence-electron chi connectivity index (χ0n) is 9.34. The van der Waals surface area contributed by atoms with Crippen molar-refractivity contribution in [3.63, 3.8) is 0 Å². The summed E-state index contributed by atoms with van der Waals surface area (Å²) in [5, 5.41) is 9.02. The molecule has 0 amide bonds. The number of alkyl halides is 3. The molecule has 6 heteroatoms. The van der Waals surface area contributed by atoms with Gasteiger partial charge in [0.1, 0.15) is 5.75 Å². The number of aromatic hydroxyl groups is 1. The first-order valence-corrected chi connectivity index (χ1v) is 4.93. The zero-order chi connectivity index (χ0) is 13.8. The van der Waals surface area contributed by atoms with Gasteiger partial charge in [-0.2, -0.15) is 13.2 Å². The van der Waals surface area contributed by atoms with Crippen LogP contribution in [0.5, 0.6) is 5.75 Å². The number of carbonyl (C=O) groups is 1. The van der Waals surface area contributed by atoms with E-state index in [2.05, 4.69) is 10.7 Å². The molecule has 1 N–H and O–H groups in total. The number of hydrogen-bond acceptors (Lipinski definition) is 3. The maximum atomic E-state index is 12.6. The van der Waals surface area contributed by atoms with Crippen LogP contribution in [0.3, 0.4) is 0 Å². The third-order valence-electron chi connectivity index (χ3n) is 1.88. The molecule has 0 aliphatic carbocycles. The molecule has 0 aliphatic rings. The lowest BCUT2D eigenvalue weighted by Crippen LogP contribution is -2.08. The largest absolute Gasteiger partial charge is 0.508 e. The fraction of sp³-hybridized carbons (Fsp3) is 0.250. The van der Waals surface area contributed by atoms with E-state index in [4.69, 9.17) is 5.11 Å². The van der Waals surface area contributed by atoms with Crippen LogP contribution in [0.25, 0.3) is 0 Å². The number of ether oxygens (including phenoxy) is 1. The molecule has 0 unspecified atom stereocenters. The van der Waals surface area contributed by atoms with Crippen molar-refractivity contribution in [2.24, 2.45) is 0 Å². The van der Waals surface area contributed by atoms with Gasteiger partial charge < -0.3 is 9.84 Å². The Morgan fingerprint density at radius 3 is 2.67 bits per heavy atom. The minimum absolute atomic E-state index is 0.0925. The average molecular weight is 258 g/mol. The van der Waals surface area contributed by atoms with Crippen molar-refractivity contribution in [3.05, 3.63) is 29.3 Å². The first-order valence-electron chi connectivity index (χ1n) is 4.93. The Balaban J connectivity index is 3.13. The maximum Gasteiger partial charge on any atom is 0.417 e. The molecule has 96 valence electrons. The fourth-order valence-corrected chi connectivity index (χ4v) is 1.16. The second-order valence-corrected chi connectivity index (χ2v) is 3.20. The van der Waals surface area contributed by atoms with Crippen molar-refractivity contribution in [1.29, 1.82) is 0 Å². The molecule has 0 aliphatic heterocycles. The van der Waals surface area contributed by atoms with Gasteiger partial charge in [-0.15, -0.1) is 0 Å². The van der Waals surface area contributed by atoms with Gasteiger partial charge in [-0.1, -0.05) is 5.92 Å². The highest BCUT2D eigenvalue weighted by Gasteiger charge is 2.33. The van der Waals surface area contributed by atoms with Crippen molar-refractivity contribution in [2.45, 2.75) is 13.1 Å². The SMILES string of the molecule is CCOC(=O)C#Cc1ccc(O)cc1C(F)(F)F. The Labute approximate surface area is 101 Å². The monoisotopic (exact) mass is 258 g/mol. The van der Waals surface area contributed by atoms with Gasteiger partial charge in [-0.05, 0) is 25.1 Å². The number of carbonyl (C=O) groups excluding carboxylic acids is 1. The first kappa shape index (κ1) is 13.9. The standard InChI is InChI=1S/C12H9F3O3/c1-2-18-11(17)6-4-8-3-5-9(16)7-10(8)12(13,14)15/h3,5,7,16H,2H2,1H3. The van der Waals surface area contributed by atoms with Crippen LogP contribution >= 0.6 is 0 Å². The van der Waals surface area contributed by atoms with Gasteiger partial charge >= 0.3 is 12.1 Å². The zero-order valence-corrected chi connectivity index (χ0v) is 9.34. The van der Waals surface area contributed by atoms with Crippen LogP contribution in [-0.4, -0.2) is 17.7 Å². The Morgan fingerprint density at radius 1 is 1.44 bits per heavy atom. The summed E-state index contributed by atoms with van der Waals surface area (Å²) in [5.41, 5.74) is -1.49. The van der Waals surface area contributed by atoms with E-state index in [1.54, 1.807) is 6.92 Å². The highest BCUT2D eigenvalue weighted by molar-refractivity contribution is 5.89. The number of rotatable bonds is 1. The topological polar surface area (TPSA) is 46.5 Å². The molecule has 0 saturated heterocycles. The van der Waals surface area contributed by atoms with E-state index in [1.807, 2.05) is 5.92 Å². The number of esters is 1. The number of phenols is 1. The molecular formula is C12H9F3O3. The minimum Gasteiger partial charge on any atom is -0.508 e. The van der Waals surface area contributed by atoms with E-state index < -0.39 is 29.0 Å². The Bertz CT molecular complexity index is 510. The van der Waals surface area contributed by atoms with Crippen molar-refractivity contribution in [2.75, 3.05) is 6.61 Å². The fourth-order valence-electron chi connectivity index (χ4n) is 1.16. The molecule has 0 radical (unpaired) electrons. The van der Waals surface area contributed by atoms with Crippen LogP contribution in [-0.2, 0) is 15.7 Å². The van der Waals surface area contributed by atoms with Crippen LogP contribution in [0.4, 0.5) is 13.2 Å². The molecule has 0 saturated carbocycles. The van der Waals surface area contributed by atoms with Crippen LogP contribution in [0, 0.1) is 11.8 Å². The maximum absolute atomic E-state index is 12.6. The molecule has 0 aromatic heterocycles. The summed E-state index contributed by atoms with van der Waals surface area (Å²) in [6.07, 6.45) is -4.66. The molecule has 0 spiro atoms. The molecule has 0 bridgehead atoms. The van der Waals surface area contributed by atoms with Crippen LogP contribution in [0.15, 0.2) is 18.2 Å². The quantitative estimate of drug-likeness (QED) is 0.621. The van der Waals surface area contributed by atoms with Gasteiger partial charge in [0.25, 0.3) is 0 Å². The van der Waals surface area contributed by atoms with Gasteiger partial charge in [-0.3, -0.25) is 0 Å². The Kier molecular flexibility index (Phi) is 4.21. The highest BCUT2D eigenvalue weighted by Crippen LogP contribution is 2.33. The lowest BCUT2D eigenvalue weighted by Gasteiger charge is -2.09. The van der Waals surface area contributed by atoms with Crippen LogP contribution in [0.2, 0.25) is 0 Å². The Hall–Kier alpha value is -2.16. The third kappa shape index (κ3) is 3.70. The van der Waals surface area contributed by atoms with E-state index >= 15 is 0 Å². The average Bonchev–Trinajstić information content (AvgIpc) is 2.26. The van der Waals surface area contributed by atoms with Gasteiger partial charge in [0.2, 0.25) is 0 Å². The van der Waals surface area contributed by atoms with E-state index in [0.717, 1.165) is 12.1 Å². The summed E-state index contributed by atoms with van der Waals surface area (Å²) in [6, 6.07) is 2.60. The molecule has 0 fully saturated rings. The predicted molar refractivity (Wildman–Crippen MR) is 56.6 cm³/mol. The number of phenolic OH excluding ortho intramolecular Hbond substituents is 1. The molecule has 0 atom stereocenters. The van der Waals surface area contributed by atoms with Crippen LogP contribution in [0.1, 0.15) is 18.1 Å². The lowest BCUT2D eigenvalue weighted by molar-refractivity contribution is -0.138. The van der Waals surface area contributed by atoms with E-state index in [9.17, 15) is 18.0 Å². The van der Waals surface area contributed by atoms with Crippen molar-refractivity contribution in [3.8, 4) is 17.6 Å². The summed E-state index contributed by atoms with van der Waals surface area (Å²) < 4.78 is 42.3. The molecule has 0 heterocycles. The molecule has 1 aromatic rings. The van der Waals surface area contributed by atoms with E-state index in [0.29, 0.717) is 6.07 Å². The molecular weight excluding hydrogens is 249 g/mol. The van der Waals surface area contributed by atoms with Gasteiger partial charge in [0.05, 0.1) is 12.2 Å². The van der Waals surface area contributed by atoms with Crippen LogP contribution < -0.4 is 0 Å². The molecule has 1 rings (SSSR count). The van der Waals surface area contributed by atoms with Gasteiger partial charge in [-0.25, -0.2) is 4.79 Å².